The fourth-order valence-electron chi connectivity index (χ4n) is 3.55. The first-order valence-electron chi connectivity index (χ1n) is 7.83. The Morgan fingerprint density at radius 3 is 2.90 bits per heavy atom. The second kappa shape index (κ2) is 6.77. The molecule has 3 rings (SSSR count). The topological polar surface area (TPSA) is 47.6 Å². The SMILES string of the molecule is O=C(CC1CSCCN1)C1CCOC2(CCOCC2)C1. The molecule has 0 aromatic rings. The summed E-state index contributed by atoms with van der Waals surface area (Å²) in [5, 5.41) is 3.47. The minimum Gasteiger partial charge on any atom is -0.381 e. The zero-order chi connectivity index (χ0) is 13.8. The van der Waals surface area contributed by atoms with Crippen LogP contribution in [0.15, 0.2) is 0 Å². The zero-order valence-electron chi connectivity index (χ0n) is 12.1. The van der Waals surface area contributed by atoms with E-state index in [9.17, 15) is 4.79 Å². The van der Waals surface area contributed by atoms with Crippen molar-refractivity contribution < 1.29 is 14.3 Å². The Morgan fingerprint density at radius 2 is 2.15 bits per heavy atom. The molecule has 3 aliphatic rings. The van der Waals surface area contributed by atoms with Gasteiger partial charge in [0.15, 0.2) is 0 Å². The minimum atomic E-state index is -0.0639. The van der Waals surface area contributed by atoms with Gasteiger partial charge in [-0.2, -0.15) is 11.8 Å². The molecule has 2 unspecified atom stereocenters. The molecule has 114 valence electrons. The Bertz CT molecular complexity index is 333. The van der Waals surface area contributed by atoms with Crippen LogP contribution in [0.1, 0.15) is 32.1 Å². The summed E-state index contributed by atoms with van der Waals surface area (Å²) in [7, 11) is 0. The molecule has 20 heavy (non-hydrogen) atoms. The second-order valence-electron chi connectivity index (χ2n) is 6.23. The lowest BCUT2D eigenvalue weighted by Crippen LogP contribution is -2.47. The Hall–Kier alpha value is -0.100. The van der Waals surface area contributed by atoms with Crippen molar-refractivity contribution in [3.05, 3.63) is 0 Å². The summed E-state index contributed by atoms with van der Waals surface area (Å²) in [5.41, 5.74) is -0.0639. The molecular formula is C15H25NO3S. The number of ketones is 1. The molecular weight excluding hydrogens is 274 g/mol. The van der Waals surface area contributed by atoms with Crippen molar-refractivity contribution >= 4 is 17.5 Å². The third-order valence-electron chi connectivity index (χ3n) is 4.80. The van der Waals surface area contributed by atoms with E-state index in [2.05, 4.69) is 5.32 Å². The molecule has 0 saturated carbocycles. The third-order valence-corrected chi connectivity index (χ3v) is 5.93. The van der Waals surface area contributed by atoms with Crippen molar-refractivity contribution in [2.75, 3.05) is 37.9 Å². The lowest BCUT2D eigenvalue weighted by Gasteiger charge is -2.43. The summed E-state index contributed by atoms with van der Waals surface area (Å²) in [5.74, 6) is 2.90. The van der Waals surface area contributed by atoms with E-state index in [-0.39, 0.29) is 11.5 Å². The maximum Gasteiger partial charge on any atom is 0.137 e. The maximum absolute atomic E-state index is 12.6. The maximum atomic E-state index is 12.6. The lowest BCUT2D eigenvalue weighted by molar-refractivity contribution is -0.157. The van der Waals surface area contributed by atoms with Gasteiger partial charge >= 0.3 is 0 Å². The molecule has 3 aliphatic heterocycles. The number of thioether (sulfide) groups is 1. The van der Waals surface area contributed by atoms with E-state index in [4.69, 9.17) is 9.47 Å². The molecule has 2 atom stereocenters. The van der Waals surface area contributed by atoms with Crippen molar-refractivity contribution in [3.8, 4) is 0 Å². The van der Waals surface area contributed by atoms with E-state index in [1.54, 1.807) is 0 Å². The highest BCUT2D eigenvalue weighted by Gasteiger charge is 2.41. The molecule has 3 heterocycles. The van der Waals surface area contributed by atoms with Crippen LogP contribution >= 0.6 is 11.8 Å². The van der Waals surface area contributed by atoms with Gasteiger partial charge in [-0.1, -0.05) is 0 Å². The summed E-state index contributed by atoms with van der Waals surface area (Å²) in [6, 6.07) is 0.384. The molecule has 0 aliphatic carbocycles. The first kappa shape index (κ1) is 14.8. The smallest absolute Gasteiger partial charge is 0.137 e. The van der Waals surface area contributed by atoms with E-state index < -0.39 is 0 Å². The Kier molecular flexibility index (Phi) is 5.02. The summed E-state index contributed by atoms with van der Waals surface area (Å²) in [4.78, 5) is 12.6. The largest absolute Gasteiger partial charge is 0.381 e. The van der Waals surface area contributed by atoms with Crippen LogP contribution in [0.2, 0.25) is 0 Å². The molecule has 5 heteroatoms. The summed E-state index contributed by atoms with van der Waals surface area (Å²) >= 11 is 1.96. The van der Waals surface area contributed by atoms with Crippen molar-refractivity contribution in [2.45, 2.75) is 43.7 Å². The molecule has 3 saturated heterocycles. The van der Waals surface area contributed by atoms with Crippen LogP contribution in [0.3, 0.4) is 0 Å². The average molecular weight is 299 g/mol. The quantitative estimate of drug-likeness (QED) is 0.858. The van der Waals surface area contributed by atoms with Crippen LogP contribution in [0.5, 0.6) is 0 Å². The van der Waals surface area contributed by atoms with Crippen LogP contribution in [0.25, 0.3) is 0 Å². The van der Waals surface area contributed by atoms with Gasteiger partial charge in [0.25, 0.3) is 0 Å². The van der Waals surface area contributed by atoms with Crippen molar-refractivity contribution in [3.63, 3.8) is 0 Å². The summed E-state index contributed by atoms with van der Waals surface area (Å²) in [6.07, 6.45) is 4.42. The summed E-state index contributed by atoms with van der Waals surface area (Å²) < 4.78 is 11.5. The monoisotopic (exact) mass is 299 g/mol. The predicted octanol–water partition coefficient (Wildman–Crippen LogP) is 1.63. The predicted molar refractivity (Wildman–Crippen MR) is 80.2 cm³/mol. The van der Waals surface area contributed by atoms with Crippen LogP contribution in [-0.2, 0) is 14.3 Å². The number of ether oxygens (including phenoxy) is 2. The molecule has 0 aromatic heterocycles. The van der Waals surface area contributed by atoms with Gasteiger partial charge in [-0.25, -0.2) is 0 Å². The molecule has 0 amide bonds. The minimum absolute atomic E-state index is 0.0639. The van der Waals surface area contributed by atoms with E-state index in [0.29, 0.717) is 18.2 Å². The number of nitrogens with one attached hydrogen (secondary N) is 1. The van der Waals surface area contributed by atoms with Crippen LogP contribution < -0.4 is 5.32 Å². The van der Waals surface area contributed by atoms with E-state index in [1.165, 1.54) is 5.75 Å². The van der Waals surface area contributed by atoms with Gasteiger partial charge in [-0.15, -0.1) is 0 Å². The fourth-order valence-corrected chi connectivity index (χ4v) is 4.50. The van der Waals surface area contributed by atoms with Crippen LogP contribution in [-0.4, -0.2) is 55.3 Å². The second-order valence-corrected chi connectivity index (χ2v) is 7.38. The molecule has 0 bridgehead atoms. The number of hydrogen-bond donors (Lipinski definition) is 1. The first-order chi connectivity index (χ1) is 9.77. The number of carbonyl (C=O) groups is 1. The Labute approximate surface area is 125 Å². The van der Waals surface area contributed by atoms with Crippen molar-refractivity contribution in [1.29, 1.82) is 0 Å². The fraction of sp³-hybridized carbons (Fsp3) is 0.933. The third kappa shape index (κ3) is 3.56. The van der Waals surface area contributed by atoms with Gasteiger partial charge in [-0.3, -0.25) is 4.79 Å². The Morgan fingerprint density at radius 1 is 1.30 bits per heavy atom. The van der Waals surface area contributed by atoms with Gasteiger partial charge in [0, 0.05) is 56.3 Å². The van der Waals surface area contributed by atoms with E-state index in [0.717, 1.165) is 57.8 Å². The molecule has 3 fully saturated rings. The first-order valence-corrected chi connectivity index (χ1v) is 8.98. The van der Waals surface area contributed by atoms with Gasteiger partial charge in [0.2, 0.25) is 0 Å². The molecule has 0 aromatic carbocycles. The molecule has 4 nitrogen and oxygen atoms in total. The number of rotatable bonds is 3. The molecule has 1 N–H and O–H groups in total. The molecule has 1 spiro atoms. The number of carbonyl (C=O) groups excluding carboxylic acids is 1. The Balaban J connectivity index is 1.54. The lowest BCUT2D eigenvalue weighted by atomic mass is 9.78. The van der Waals surface area contributed by atoms with Gasteiger partial charge in [0.1, 0.15) is 5.78 Å². The van der Waals surface area contributed by atoms with Crippen molar-refractivity contribution in [2.24, 2.45) is 5.92 Å². The van der Waals surface area contributed by atoms with Crippen LogP contribution in [0.4, 0.5) is 0 Å². The van der Waals surface area contributed by atoms with Crippen LogP contribution in [0, 0.1) is 5.92 Å². The van der Waals surface area contributed by atoms with Gasteiger partial charge < -0.3 is 14.8 Å². The summed E-state index contributed by atoms with van der Waals surface area (Å²) in [6.45, 7) is 3.34. The van der Waals surface area contributed by atoms with Gasteiger partial charge in [-0.05, 0) is 25.7 Å². The zero-order valence-corrected chi connectivity index (χ0v) is 12.9. The average Bonchev–Trinajstić information content (AvgIpc) is 2.49. The van der Waals surface area contributed by atoms with E-state index in [1.807, 2.05) is 11.8 Å². The highest BCUT2D eigenvalue weighted by Crippen LogP contribution is 2.37. The van der Waals surface area contributed by atoms with E-state index >= 15 is 0 Å². The van der Waals surface area contributed by atoms with Gasteiger partial charge in [0.05, 0.1) is 5.60 Å². The highest BCUT2D eigenvalue weighted by molar-refractivity contribution is 7.99. The van der Waals surface area contributed by atoms with Crippen molar-refractivity contribution in [1.82, 2.24) is 5.32 Å². The standard InChI is InChI=1S/C15H25NO3S/c17-14(9-13-11-20-8-4-16-13)12-1-5-19-15(10-12)2-6-18-7-3-15/h12-13,16H,1-11H2. The number of hydrogen-bond acceptors (Lipinski definition) is 5. The normalized spacial score (nSPS) is 34.0. The highest BCUT2D eigenvalue weighted by atomic mass is 32.2. The molecule has 0 radical (unpaired) electrons. The number of Topliss-reactive ketones (excluding diaryl/α,β-unsaturated/α-hetero) is 1.